The summed E-state index contributed by atoms with van der Waals surface area (Å²) >= 11 is 0. The monoisotopic (exact) mass is 274 g/mol. The number of hydrogen-bond donors (Lipinski definition) is 1. The van der Waals surface area contributed by atoms with Crippen molar-refractivity contribution in [2.24, 2.45) is 0 Å². The van der Waals surface area contributed by atoms with E-state index < -0.39 is 0 Å². The van der Waals surface area contributed by atoms with Gasteiger partial charge < -0.3 is 10.2 Å². The van der Waals surface area contributed by atoms with E-state index in [9.17, 15) is 9.59 Å². The first-order valence-corrected chi connectivity index (χ1v) is 7.25. The van der Waals surface area contributed by atoms with E-state index in [0.29, 0.717) is 13.0 Å². The molecule has 1 aliphatic heterocycles. The molecule has 0 bridgehead atoms. The molecule has 0 spiro atoms. The van der Waals surface area contributed by atoms with Gasteiger partial charge >= 0.3 is 0 Å². The van der Waals surface area contributed by atoms with Crippen LogP contribution in [0.5, 0.6) is 0 Å². The van der Waals surface area contributed by atoms with Crippen molar-refractivity contribution in [3.05, 3.63) is 35.9 Å². The summed E-state index contributed by atoms with van der Waals surface area (Å²) in [5.74, 6) is 0.228. The van der Waals surface area contributed by atoms with Gasteiger partial charge in [0.2, 0.25) is 11.8 Å². The molecular formula is C16H22N2O2. The van der Waals surface area contributed by atoms with Gasteiger partial charge in [0, 0.05) is 6.54 Å². The van der Waals surface area contributed by atoms with E-state index in [1.54, 1.807) is 4.90 Å². The molecule has 1 N–H and O–H groups in total. The van der Waals surface area contributed by atoms with Gasteiger partial charge in [0.1, 0.15) is 6.04 Å². The number of nitrogens with one attached hydrogen (secondary N) is 1. The molecule has 4 nitrogen and oxygen atoms in total. The summed E-state index contributed by atoms with van der Waals surface area (Å²) in [5, 5.41) is 2.78. The van der Waals surface area contributed by atoms with Crippen LogP contribution in [-0.2, 0) is 9.59 Å². The number of piperazine rings is 1. The average Bonchev–Trinajstić information content (AvgIpc) is 2.45. The van der Waals surface area contributed by atoms with Crippen molar-refractivity contribution in [3.8, 4) is 0 Å². The van der Waals surface area contributed by atoms with Gasteiger partial charge in [-0.05, 0) is 17.9 Å². The molecule has 1 aliphatic rings. The summed E-state index contributed by atoms with van der Waals surface area (Å²) in [6.07, 6.45) is 1.60. The second-order valence-corrected chi connectivity index (χ2v) is 5.44. The molecule has 2 unspecified atom stereocenters. The molecule has 0 radical (unpaired) electrons. The zero-order chi connectivity index (χ0) is 14.5. The summed E-state index contributed by atoms with van der Waals surface area (Å²) in [6, 6.07) is 9.75. The number of rotatable bonds is 5. The first-order valence-electron chi connectivity index (χ1n) is 7.25. The van der Waals surface area contributed by atoms with Gasteiger partial charge in [-0.3, -0.25) is 9.59 Å². The Balaban J connectivity index is 2.04. The summed E-state index contributed by atoms with van der Waals surface area (Å²) in [4.78, 5) is 25.7. The van der Waals surface area contributed by atoms with Crippen LogP contribution in [0.4, 0.5) is 0 Å². The first-order chi connectivity index (χ1) is 9.61. The zero-order valence-electron chi connectivity index (χ0n) is 12.1. The van der Waals surface area contributed by atoms with Gasteiger partial charge in [-0.15, -0.1) is 0 Å². The van der Waals surface area contributed by atoms with Crippen molar-refractivity contribution in [1.82, 2.24) is 10.2 Å². The lowest BCUT2D eigenvalue weighted by Gasteiger charge is -2.34. The Bertz CT molecular complexity index is 473. The van der Waals surface area contributed by atoms with Crippen LogP contribution in [0.2, 0.25) is 0 Å². The Kier molecular flexibility index (Phi) is 4.77. The van der Waals surface area contributed by atoms with Crippen molar-refractivity contribution in [3.63, 3.8) is 0 Å². The highest BCUT2D eigenvalue weighted by molar-refractivity contribution is 5.94. The third-order valence-electron chi connectivity index (χ3n) is 3.72. The van der Waals surface area contributed by atoms with Crippen LogP contribution >= 0.6 is 0 Å². The van der Waals surface area contributed by atoms with Gasteiger partial charge in [-0.2, -0.15) is 0 Å². The average molecular weight is 274 g/mol. The zero-order valence-corrected chi connectivity index (χ0v) is 12.1. The largest absolute Gasteiger partial charge is 0.343 e. The smallest absolute Gasteiger partial charge is 0.245 e. The molecule has 1 aromatic carbocycles. The van der Waals surface area contributed by atoms with Crippen LogP contribution in [0.15, 0.2) is 30.3 Å². The van der Waals surface area contributed by atoms with E-state index in [2.05, 4.69) is 24.4 Å². The molecule has 1 aromatic rings. The first kappa shape index (κ1) is 14.6. The highest BCUT2D eigenvalue weighted by Gasteiger charge is 2.32. The van der Waals surface area contributed by atoms with Crippen molar-refractivity contribution >= 4 is 11.8 Å². The van der Waals surface area contributed by atoms with E-state index >= 15 is 0 Å². The number of carbonyl (C=O) groups excluding carboxylic acids is 2. The number of amides is 2. The number of hydrogen-bond acceptors (Lipinski definition) is 2. The van der Waals surface area contributed by atoms with Gasteiger partial charge in [-0.25, -0.2) is 0 Å². The SMILES string of the molecule is CCCC1NC(=O)CN(CC(C)c2ccccc2)C1=O. The molecule has 20 heavy (non-hydrogen) atoms. The number of benzene rings is 1. The van der Waals surface area contributed by atoms with E-state index in [4.69, 9.17) is 0 Å². The van der Waals surface area contributed by atoms with E-state index in [1.807, 2.05) is 25.1 Å². The summed E-state index contributed by atoms with van der Waals surface area (Å²) < 4.78 is 0. The molecule has 2 atom stereocenters. The second kappa shape index (κ2) is 6.55. The standard InChI is InChI=1S/C16H22N2O2/c1-3-7-14-16(20)18(11-15(19)17-14)10-12(2)13-8-5-4-6-9-13/h4-6,8-9,12,14H,3,7,10-11H2,1-2H3,(H,17,19). The quantitative estimate of drug-likeness (QED) is 0.891. The third kappa shape index (κ3) is 3.38. The summed E-state index contributed by atoms with van der Waals surface area (Å²) in [5.41, 5.74) is 1.19. The predicted octanol–water partition coefficient (Wildman–Crippen LogP) is 1.92. The highest BCUT2D eigenvalue weighted by Crippen LogP contribution is 2.18. The van der Waals surface area contributed by atoms with Crippen LogP contribution in [0.1, 0.15) is 38.2 Å². The molecule has 0 aliphatic carbocycles. The van der Waals surface area contributed by atoms with Gasteiger partial charge in [-0.1, -0.05) is 50.6 Å². The second-order valence-electron chi connectivity index (χ2n) is 5.44. The fourth-order valence-corrected chi connectivity index (χ4v) is 2.63. The van der Waals surface area contributed by atoms with Gasteiger partial charge in [0.25, 0.3) is 0 Å². The maximum Gasteiger partial charge on any atom is 0.245 e. The molecule has 108 valence electrons. The molecule has 1 heterocycles. The molecule has 1 fully saturated rings. The van der Waals surface area contributed by atoms with Gasteiger partial charge in [0.05, 0.1) is 6.54 Å². The van der Waals surface area contributed by atoms with E-state index in [1.165, 1.54) is 5.56 Å². The van der Waals surface area contributed by atoms with Crippen LogP contribution in [0, 0.1) is 0 Å². The summed E-state index contributed by atoms with van der Waals surface area (Å²) in [7, 11) is 0. The third-order valence-corrected chi connectivity index (χ3v) is 3.72. The minimum absolute atomic E-state index is 0.0502. The fraction of sp³-hybridized carbons (Fsp3) is 0.500. The van der Waals surface area contributed by atoms with Gasteiger partial charge in [0.15, 0.2) is 0 Å². The van der Waals surface area contributed by atoms with Crippen LogP contribution in [0.25, 0.3) is 0 Å². The maximum atomic E-state index is 12.3. The van der Waals surface area contributed by atoms with Crippen LogP contribution < -0.4 is 5.32 Å². The normalized spacial score (nSPS) is 20.7. The Morgan fingerprint density at radius 2 is 2.00 bits per heavy atom. The minimum Gasteiger partial charge on any atom is -0.343 e. The molecule has 2 amide bonds. The van der Waals surface area contributed by atoms with Crippen LogP contribution in [0.3, 0.4) is 0 Å². The maximum absolute atomic E-state index is 12.3. The Labute approximate surface area is 120 Å². The van der Waals surface area contributed by atoms with Crippen molar-refractivity contribution in [1.29, 1.82) is 0 Å². The lowest BCUT2D eigenvalue weighted by atomic mass is 9.99. The van der Waals surface area contributed by atoms with Crippen molar-refractivity contribution < 1.29 is 9.59 Å². The van der Waals surface area contributed by atoms with Crippen LogP contribution in [-0.4, -0.2) is 35.8 Å². The molecule has 0 saturated carbocycles. The highest BCUT2D eigenvalue weighted by atomic mass is 16.2. The molecule has 0 aromatic heterocycles. The van der Waals surface area contributed by atoms with E-state index in [-0.39, 0.29) is 30.3 Å². The molecule has 4 heteroatoms. The number of carbonyl (C=O) groups is 2. The Hall–Kier alpha value is -1.84. The molecule has 2 rings (SSSR count). The number of nitrogens with zero attached hydrogens (tertiary/aromatic N) is 1. The Morgan fingerprint density at radius 3 is 2.65 bits per heavy atom. The molecule has 1 saturated heterocycles. The molecular weight excluding hydrogens is 252 g/mol. The van der Waals surface area contributed by atoms with E-state index in [0.717, 1.165) is 6.42 Å². The Morgan fingerprint density at radius 1 is 1.30 bits per heavy atom. The predicted molar refractivity (Wildman–Crippen MR) is 78.3 cm³/mol. The lowest BCUT2D eigenvalue weighted by Crippen LogP contribution is -2.58. The topological polar surface area (TPSA) is 49.4 Å². The fourth-order valence-electron chi connectivity index (χ4n) is 2.63. The lowest BCUT2D eigenvalue weighted by molar-refractivity contribution is -0.144. The minimum atomic E-state index is -0.343. The summed E-state index contributed by atoms with van der Waals surface area (Å²) in [6.45, 7) is 4.88. The van der Waals surface area contributed by atoms with Crippen molar-refractivity contribution in [2.75, 3.05) is 13.1 Å². The van der Waals surface area contributed by atoms with Crippen molar-refractivity contribution in [2.45, 2.75) is 38.6 Å².